The summed E-state index contributed by atoms with van der Waals surface area (Å²) in [6.45, 7) is 4.27. The lowest BCUT2D eigenvalue weighted by molar-refractivity contribution is -0.188. The summed E-state index contributed by atoms with van der Waals surface area (Å²) < 4.78 is 35.6. The van der Waals surface area contributed by atoms with E-state index in [0.29, 0.717) is 32.5 Å². The monoisotopic (exact) mass is 321 g/mol. The number of sulfone groups is 1. The van der Waals surface area contributed by atoms with Crippen LogP contribution in [0, 0.1) is 5.92 Å². The molecule has 1 amide bonds. The normalized spacial score (nSPS) is 28.9. The van der Waals surface area contributed by atoms with Crippen molar-refractivity contribution in [1.82, 2.24) is 5.32 Å². The molecule has 2 atom stereocenters. The second-order valence-electron chi connectivity index (χ2n) is 6.04. The molecule has 1 saturated heterocycles. The molecule has 1 saturated carbocycles. The van der Waals surface area contributed by atoms with E-state index in [1.165, 1.54) is 0 Å². The van der Waals surface area contributed by atoms with Crippen molar-refractivity contribution in [3.63, 3.8) is 0 Å². The van der Waals surface area contributed by atoms with Crippen molar-refractivity contribution in [2.75, 3.05) is 19.0 Å². The van der Waals surface area contributed by atoms with Gasteiger partial charge < -0.3 is 19.9 Å². The highest BCUT2D eigenvalue weighted by Gasteiger charge is 2.46. The fourth-order valence-corrected chi connectivity index (χ4v) is 4.36. The number of carbonyl (C=O) groups is 1. The second kappa shape index (κ2) is 6.10. The number of ether oxygens (including phenoxy) is 2. The standard InChI is InChI=1S/C13H23NO6S/c1-9(2)21(17,18)8-10-7-13(19-5-6-20-13)4-3-11(10)14-12(15)16/h9-11,14H,3-8H2,1-2H3,(H,15,16)/t10-,11+/m1/s1. The number of amides is 1. The first-order valence-electron chi connectivity index (χ1n) is 7.23. The van der Waals surface area contributed by atoms with Crippen molar-refractivity contribution in [2.45, 2.75) is 50.2 Å². The third kappa shape index (κ3) is 3.87. The smallest absolute Gasteiger partial charge is 0.404 e. The maximum atomic E-state index is 12.2. The summed E-state index contributed by atoms with van der Waals surface area (Å²) >= 11 is 0. The SMILES string of the molecule is CC(C)S(=O)(=O)C[C@H]1CC2(CC[C@@H]1NC(=O)O)OCCO2. The van der Waals surface area contributed by atoms with Crippen LogP contribution < -0.4 is 5.32 Å². The van der Waals surface area contributed by atoms with Crippen molar-refractivity contribution in [3.8, 4) is 0 Å². The molecule has 0 aromatic rings. The molecule has 0 radical (unpaired) electrons. The summed E-state index contributed by atoms with van der Waals surface area (Å²) in [5, 5.41) is 10.9. The zero-order valence-electron chi connectivity index (χ0n) is 12.4. The quantitative estimate of drug-likeness (QED) is 0.800. The van der Waals surface area contributed by atoms with Crippen LogP contribution in [0.4, 0.5) is 4.79 Å². The van der Waals surface area contributed by atoms with Crippen LogP contribution in [0.15, 0.2) is 0 Å². The van der Waals surface area contributed by atoms with Gasteiger partial charge in [0.25, 0.3) is 0 Å². The van der Waals surface area contributed by atoms with Crippen LogP contribution in [-0.4, -0.2) is 55.7 Å². The van der Waals surface area contributed by atoms with Gasteiger partial charge >= 0.3 is 6.09 Å². The minimum absolute atomic E-state index is 0.0515. The van der Waals surface area contributed by atoms with Gasteiger partial charge in [-0.2, -0.15) is 0 Å². The first-order valence-corrected chi connectivity index (χ1v) is 8.95. The van der Waals surface area contributed by atoms with Crippen LogP contribution in [0.1, 0.15) is 33.1 Å². The third-order valence-electron chi connectivity index (χ3n) is 4.27. The molecule has 1 heterocycles. The highest BCUT2D eigenvalue weighted by Crippen LogP contribution is 2.39. The fourth-order valence-electron chi connectivity index (χ4n) is 3.03. The first-order chi connectivity index (χ1) is 9.74. The number of hydrogen-bond donors (Lipinski definition) is 2. The average molecular weight is 321 g/mol. The molecular weight excluding hydrogens is 298 g/mol. The van der Waals surface area contributed by atoms with E-state index in [-0.39, 0.29) is 17.7 Å². The Hall–Kier alpha value is -0.860. The van der Waals surface area contributed by atoms with Gasteiger partial charge in [-0.3, -0.25) is 0 Å². The summed E-state index contributed by atoms with van der Waals surface area (Å²) in [6, 6.07) is -0.380. The molecule has 1 spiro atoms. The van der Waals surface area contributed by atoms with Crippen LogP contribution in [0.3, 0.4) is 0 Å². The predicted octanol–water partition coefficient (Wildman–Crippen LogP) is 0.989. The molecule has 0 unspecified atom stereocenters. The Morgan fingerprint density at radius 2 is 2.00 bits per heavy atom. The predicted molar refractivity (Wildman–Crippen MR) is 75.8 cm³/mol. The van der Waals surface area contributed by atoms with Crippen molar-refractivity contribution in [2.24, 2.45) is 5.92 Å². The minimum atomic E-state index is -3.26. The molecule has 1 aliphatic carbocycles. The molecule has 0 bridgehead atoms. The average Bonchev–Trinajstić information content (AvgIpc) is 2.80. The van der Waals surface area contributed by atoms with E-state index in [9.17, 15) is 13.2 Å². The van der Waals surface area contributed by atoms with Gasteiger partial charge in [-0.1, -0.05) is 0 Å². The number of hydrogen-bond acceptors (Lipinski definition) is 5. The van der Waals surface area contributed by atoms with Crippen molar-refractivity contribution >= 4 is 15.9 Å². The molecule has 7 nitrogen and oxygen atoms in total. The van der Waals surface area contributed by atoms with Crippen molar-refractivity contribution < 1.29 is 27.8 Å². The molecule has 2 N–H and O–H groups in total. The van der Waals surface area contributed by atoms with E-state index in [1.807, 2.05) is 0 Å². The van der Waals surface area contributed by atoms with Gasteiger partial charge in [-0.25, -0.2) is 13.2 Å². The van der Waals surface area contributed by atoms with Crippen LogP contribution in [0.2, 0.25) is 0 Å². The molecule has 2 fully saturated rings. The topological polar surface area (TPSA) is 102 Å². The lowest BCUT2D eigenvalue weighted by Gasteiger charge is -2.41. The van der Waals surface area contributed by atoms with Gasteiger partial charge in [0.15, 0.2) is 15.6 Å². The highest BCUT2D eigenvalue weighted by molar-refractivity contribution is 7.91. The Labute approximate surface area is 124 Å². The number of nitrogens with one attached hydrogen (secondary N) is 1. The Kier molecular flexibility index (Phi) is 4.79. The number of carboxylic acid groups (broad SMARTS) is 1. The van der Waals surface area contributed by atoms with E-state index in [0.717, 1.165) is 0 Å². The Morgan fingerprint density at radius 1 is 1.38 bits per heavy atom. The van der Waals surface area contributed by atoms with Crippen molar-refractivity contribution in [3.05, 3.63) is 0 Å². The molecule has 1 aliphatic heterocycles. The van der Waals surface area contributed by atoms with Gasteiger partial charge in [0, 0.05) is 18.9 Å². The summed E-state index contributed by atoms with van der Waals surface area (Å²) in [7, 11) is -3.26. The Balaban J connectivity index is 2.14. The van der Waals surface area contributed by atoms with Crippen LogP contribution in [0.25, 0.3) is 0 Å². The van der Waals surface area contributed by atoms with Crippen LogP contribution in [0.5, 0.6) is 0 Å². The van der Waals surface area contributed by atoms with Gasteiger partial charge in [-0.05, 0) is 26.2 Å². The van der Waals surface area contributed by atoms with E-state index >= 15 is 0 Å². The van der Waals surface area contributed by atoms with Crippen LogP contribution in [-0.2, 0) is 19.3 Å². The van der Waals surface area contributed by atoms with Gasteiger partial charge in [-0.15, -0.1) is 0 Å². The van der Waals surface area contributed by atoms with E-state index in [4.69, 9.17) is 14.6 Å². The molecular formula is C13H23NO6S. The second-order valence-corrected chi connectivity index (χ2v) is 8.65. The zero-order chi connectivity index (χ0) is 15.7. The molecule has 122 valence electrons. The largest absolute Gasteiger partial charge is 0.465 e. The molecule has 0 aromatic heterocycles. The summed E-state index contributed by atoms with van der Waals surface area (Å²) in [5.74, 6) is -1.11. The third-order valence-corrected chi connectivity index (χ3v) is 6.59. The lowest BCUT2D eigenvalue weighted by Crippen LogP contribution is -2.51. The van der Waals surface area contributed by atoms with E-state index in [1.54, 1.807) is 13.8 Å². The molecule has 0 aromatic carbocycles. The molecule has 2 aliphatic rings. The summed E-state index contributed by atoms with van der Waals surface area (Å²) in [4.78, 5) is 10.9. The minimum Gasteiger partial charge on any atom is -0.465 e. The van der Waals surface area contributed by atoms with Crippen molar-refractivity contribution in [1.29, 1.82) is 0 Å². The van der Waals surface area contributed by atoms with E-state index < -0.39 is 27.0 Å². The number of rotatable bonds is 4. The summed E-state index contributed by atoms with van der Waals surface area (Å²) in [6.07, 6.45) is 0.376. The lowest BCUT2D eigenvalue weighted by atomic mass is 9.81. The van der Waals surface area contributed by atoms with Crippen LogP contribution >= 0.6 is 0 Å². The maximum absolute atomic E-state index is 12.2. The molecule has 8 heteroatoms. The molecule has 21 heavy (non-hydrogen) atoms. The Morgan fingerprint density at radius 3 is 2.52 bits per heavy atom. The van der Waals surface area contributed by atoms with E-state index in [2.05, 4.69) is 5.32 Å². The fraction of sp³-hybridized carbons (Fsp3) is 0.923. The maximum Gasteiger partial charge on any atom is 0.404 e. The Bertz CT molecular complexity index is 483. The van der Waals surface area contributed by atoms with Gasteiger partial charge in [0.05, 0.1) is 24.2 Å². The van der Waals surface area contributed by atoms with Gasteiger partial charge in [0.2, 0.25) is 0 Å². The molecule has 2 rings (SSSR count). The first kappa shape index (κ1) is 16.5. The van der Waals surface area contributed by atoms with Gasteiger partial charge in [0.1, 0.15) is 0 Å². The summed E-state index contributed by atoms with van der Waals surface area (Å²) in [5.41, 5.74) is 0. The zero-order valence-corrected chi connectivity index (χ0v) is 13.2. The highest BCUT2D eigenvalue weighted by atomic mass is 32.2.